The van der Waals surface area contributed by atoms with Crippen LogP contribution in [0.3, 0.4) is 0 Å². The summed E-state index contributed by atoms with van der Waals surface area (Å²) in [6.07, 6.45) is -0.354. The van der Waals surface area contributed by atoms with Crippen molar-refractivity contribution in [2.45, 2.75) is 18.6 Å². The standard InChI is InChI=1S/C16H17NO3/c17-11(9-18)8-14(19)10-5-6-16-13(7-10)12-3-1-2-4-15(12)20-16/h1-7,11,14,18-19H,8-9,17H2/t11-,14-/m0/s1. The number of aliphatic hydroxyl groups excluding tert-OH is 2. The minimum atomic E-state index is -0.685. The van der Waals surface area contributed by atoms with Gasteiger partial charge in [-0.25, -0.2) is 0 Å². The Morgan fingerprint density at radius 1 is 1.05 bits per heavy atom. The molecule has 0 unspecified atom stereocenters. The molecule has 1 aromatic heterocycles. The average Bonchev–Trinajstić information content (AvgIpc) is 2.84. The van der Waals surface area contributed by atoms with Gasteiger partial charge in [0.05, 0.1) is 12.7 Å². The lowest BCUT2D eigenvalue weighted by molar-refractivity contribution is 0.140. The summed E-state index contributed by atoms with van der Waals surface area (Å²) in [7, 11) is 0. The molecule has 4 nitrogen and oxygen atoms in total. The fourth-order valence-electron chi connectivity index (χ4n) is 2.45. The molecular weight excluding hydrogens is 254 g/mol. The average molecular weight is 271 g/mol. The van der Waals surface area contributed by atoms with Crippen molar-refractivity contribution >= 4 is 21.9 Å². The Balaban J connectivity index is 2.03. The van der Waals surface area contributed by atoms with Crippen molar-refractivity contribution < 1.29 is 14.6 Å². The highest BCUT2D eigenvalue weighted by Crippen LogP contribution is 2.31. The number of nitrogens with two attached hydrogens (primary N) is 1. The van der Waals surface area contributed by atoms with E-state index in [4.69, 9.17) is 15.3 Å². The third-order valence-corrected chi connectivity index (χ3v) is 3.55. The molecule has 0 saturated heterocycles. The fraction of sp³-hybridized carbons (Fsp3) is 0.250. The first kappa shape index (κ1) is 13.1. The Labute approximate surface area is 116 Å². The van der Waals surface area contributed by atoms with Gasteiger partial charge in [-0.3, -0.25) is 0 Å². The second-order valence-corrected chi connectivity index (χ2v) is 5.05. The molecular formula is C16H17NO3. The first-order chi connectivity index (χ1) is 9.69. The van der Waals surface area contributed by atoms with Crippen molar-refractivity contribution in [1.29, 1.82) is 0 Å². The highest BCUT2D eigenvalue weighted by atomic mass is 16.3. The topological polar surface area (TPSA) is 79.6 Å². The molecule has 2 aromatic carbocycles. The molecule has 104 valence electrons. The summed E-state index contributed by atoms with van der Waals surface area (Å²) < 4.78 is 5.74. The van der Waals surface area contributed by atoms with Crippen LogP contribution in [0.1, 0.15) is 18.1 Å². The van der Waals surface area contributed by atoms with Crippen molar-refractivity contribution in [1.82, 2.24) is 0 Å². The van der Waals surface area contributed by atoms with E-state index in [2.05, 4.69) is 0 Å². The zero-order chi connectivity index (χ0) is 14.1. The van der Waals surface area contributed by atoms with Gasteiger partial charge in [0.15, 0.2) is 0 Å². The lowest BCUT2D eigenvalue weighted by atomic mass is 10.0. The van der Waals surface area contributed by atoms with E-state index in [1.807, 2.05) is 42.5 Å². The molecule has 0 aliphatic rings. The highest BCUT2D eigenvalue weighted by Gasteiger charge is 2.14. The summed E-state index contributed by atoms with van der Waals surface area (Å²) in [6, 6.07) is 13.0. The fourth-order valence-corrected chi connectivity index (χ4v) is 2.45. The molecule has 3 aromatic rings. The van der Waals surface area contributed by atoms with Crippen LogP contribution in [0.15, 0.2) is 46.9 Å². The van der Waals surface area contributed by atoms with Gasteiger partial charge >= 0.3 is 0 Å². The number of furan rings is 1. The van der Waals surface area contributed by atoms with Gasteiger partial charge in [0.25, 0.3) is 0 Å². The van der Waals surface area contributed by atoms with E-state index in [1.54, 1.807) is 0 Å². The van der Waals surface area contributed by atoms with E-state index in [9.17, 15) is 5.11 Å². The van der Waals surface area contributed by atoms with Crippen LogP contribution in [0.25, 0.3) is 21.9 Å². The zero-order valence-corrected chi connectivity index (χ0v) is 11.0. The molecule has 0 radical (unpaired) electrons. The van der Waals surface area contributed by atoms with Crippen LogP contribution in [-0.4, -0.2) is 22.9 Å². The van der Waals surface area contributed by atoms with Gasteiger partial charge in [0.1, 0.15) is 11.2 Å². The molecule has 20 heavy (non-hydrogen) atoms. The predicted molar refractivity (Wildman–Crippen MR) is 78.4 cm³/mol. The van der Waals surface area contributed by atoms with Gasteiger partial charge < -0.3 is 20.4 Å². The van der Waals surface area contributed by atoms with Gasteiger partial charge in [-0.1, -0.05) is 24.3 Å². The first-order valence-electron chi connectivity index (χ1n) is 6.64. The number of aliphatic hydroxyl groups is 2. The Morgan fingerprint density at radius 2 is 1.80 bits per heavy atom. The van der Waals surface area contributed by atoms with Crippen LogP contribution < -0.4 is 5.73 Å². The maximum atomic E-state index is 10.2. The molecule has 4 N–H and O–H groups in total. The molecule has 0 fully saturated rings. The Bertz CT molecular complexity index is 735. The third-order valence-electron chi connectivity index (χ3n) is 3.55. The Morgan fingerprint density at radius 3 is 2.60 bits per heavy atom. The van der Waals surface area contributed by atoms with E-state index >= 15 is 0 Å². The lowest BCUT2D eigenvalue weighted by Crippen LogP contribution is -2.26. The molecule has 0 aliphatic carbocycles. The zero-order valence-electron chi connectivity index (χ0n) is 11.0. The van der Waals surface area contributed by atoms with Crippen LogP contribution >= 0.6 is 0 Å². The number of rotatable bonds is 4. The summed E-state index contributed by atoms with van der Waals surface area (Å²) in [5.74, 6) is 0. The maximum Gasteiger partial charge on any atom is 0.135 e. The van der Waals surface area contributed by atoms with Gasteiger partial charge in [0.2, 0.25) is 0 Å². The van der Waals surface area contributed by atoms with E-state index < -0.39 is 12.1 Å². The van der Waals surface area contributed by atoms with Crippen molar-refractivity contribution in [2.24, 2.45) is 5.73 Å². The van der Waals surface area contributed by atoms with Gasteiger partial charge in [-0.05, 0) is 30.2 Å². The molecule has 2 atom stereocenters. The number of hydrogen-bond acceptors (Lipinski definition) is 4. The van der Waals surface area contributed by atoms with Crippen molar-refractivity contribution in [3.63, 3.8) is 0 Å². The van der Waals surface area contributed by atoms with Crippen LogP contribution in [0.2, 0.25) is 0 Å². The monoisotopic (exact) mass is 271 g/mol. The number of benzene rings is 2. The van der Waals surface area contributed by atoms with Crippen LogP contribution in [0.4, 0.5) is 0 Å². The molecule has 0 saturated carbocycles. The summed E-state index contributed by atoms with van der Waals surface area (Å²) in [6.45, 7) is -0.131. The highest BCUT2D eigenvalue weighted by molar-refractivity contribution is 6.04. The van der Waals surface area contributed by atoms with E-state index in [0.29, 0.717) is 6.42 Å². The SMILES string of the molecule is N[C@H](CO)C[C@H](O)c1ccc2oc3ccccc3c2c1. The largest absolute Gasteiger partial charge is 0.456 e. The van der Waals surface area contributed by atoms with Crippen LogP contribution in [0.5, 0.6) is 0 Å². The normalized spacial score (nSPS) is 14.8. The summed E-state index contributed by atoms with van der Waals surface area (Å²) in [5.41, 5.74) is 8.09. The molecule has 0 bridgehead atoms. The number of hydrogen-bond donors (Lipinski definition) is 3. The minimum absolute atomic E-state index is 0.131. The third kappa shape index (κ3) is 2.29. The van der Waals surface area contributed by atoms with E-state index in [0.717, 1.165) is 27.5 Å². The summed E-state index contributed by atoms with van der Waals surface area (Å²) in [4.78, 5) is 0. The first-order valence-corrected chi connectivity index (χ1v) is 6.64. The molecule has 4 heteroatoms. The second-order valence-electron chi connectivity index (χ2n) is 5.05. The smallest absolute Gasteiger partial charge is 0.135 e. The summed E-state index contributed by atoms with van der Waals surface area (Å²) >= 11 is 0. The van der Waals surface area contributed by atoms with Crippen LogP contribution in [0, 0.1) is 0 Å². The number of fused-ring (bicyclic) bond motifs is 3. The van der Waals surface area contributed by atoms with Gasteiger partial charge in [0, 0.05) is 16.8 Å². The second kappa shape index (κ2) is 5.25. The van der Waals surface area contributed by atoms with E-state index in [-0.39, 0.29) is 6.61 Å². The quantitative estimate of drug-likeness (QED) is 0.680. The van der Waals surface area contributed by atoms with Crippen molar-refractivity contribution in [2.75, 3.05) is 6.61 Å². The van der Waals surface area contributed by atoms with E-state index in [1.165, 1.54) is 0 Å². The Kier molecular flexibility index (Phi) is 3.44. The van der Waals surface area contributed by atoms with Gasteiger partial charge in [-0.15, -0.1) is 0 Å². The predicted octanol–water partition coefficient (Wildman–Crippen LogP) is 2.33. The van der Waals surface area contributed by atoms with Crippen molar-refractivity contribution in [3.05, 3.63) is 48.0 Å². The molecule has 0 aliphatic heterocycles. The van der Waals surface area contributed by atoms with Gasteiger partial charge in [-0.2, -0.15) is 0 Å². The van der Waals surface area contributed by atoms with Crippen LogP contribution in [-0.2, 0) is 0 Å². The minimum Gasteiger partial charge on any atom is -0.456 e. The molecule has 3 rings (SSSR count). The maximum absolute atomic E-state index is 10.2. The molecule has 0 amide bonds. The lowest BCUT2D eigenvalue weighted by Gasteiger charge is -2.14. The van der Waals surface area contributed by atoms with Crippen molar-refractivity contribution in [3.8, 4) is 0 Å². The molecule has 0 spiro atoms. The summed E-state index contributed by atoms with van der Waals surface area (Å²) in [5, 5.41) is 21.1. The Hall–Kier alpha value is -1.88. The number of para-hydroxylation sites is 1. The molecule has 1 heterocycles.